The molecule has 4 N–H and O–H groups in total. The fraction of sp³-hybridized carbons (Fsp3) is 0.467. The molecule has 116 valence electrons. The second kappa shape index (κ2) is 8.52. The van der Waals surface area contributed by atoms with E-state index in [2.05, 4.69) is 10.6 Å². The van der Waals surface area contributed by atoms with Crippen LogP contribution in [-0.4, -0.2) is 24.5 Å². The summed E-state index contributed by atoms with van der Waals surface area (Å²) >= 11 is 5.82. The number of nitrogens with two attached hydrogens (primary N) is 1. The van der Waals surface area contributed by atoms with E-state index in [0.29, 0.717) is 18.0 Å². The SMILES string of the molecule is CC[C@H](C)[C@@H](NC(N)=O)C(=O)NCCc1ccc(Cl)cc1. The molecule has 1 aromatic carbocycles. The highest BCUT2D eigenvalue weighted by Crippen LogP contribution is 2.10. The molecule has 0 aliphatic heterocycles. The van der Waals surface area contributed by atoms with Gasteiger partial charge < -0.3 is 16.4 Å². The molecule has 1 aromatic rings. The molecule has 5 nitrogen and oxygen atoms in total. The van der Waals surface area contributed by atoms with E-state index in [4.69, 9.17) is 17.3 Å². The van der Waals surface area contributed by atoms with Gasteiger partial charge in [-0.1, -0.05) is 44.0 Å². The zero-order chi connectivity index (χ0) is 15.8. The number of urea groups is 1. The Morgan fingerprint density at radius 1 is 1.29 bits per heavy atom. The fourth-order valence-corrected chi connectivity index (χ4v) is 2.07. The first-order chi connectivity index (χ1) is 9.93. The second-order valence-electron chi connectivity index (χ2n) is 5.04. The van der Waals surface area contributed by atoms with Crippen LogP contribution in [0, 0.1) is 5.92 Å². The highest BCUT2D eigenvalue weighted by atomic mass is 35.5. The summed E-state index contributed by atoms with van der Waals surface area (Å²) in [6.45, 7) is 4.36. The number of carbonyl (C=O) groups excluding carboxylic acids is 2. The van der Waals surface area contributed by atoms with Crippen molar-refractivity contribution >= 4 is 23.5 Å². The Labute approximate surface area is 130 Å². The topological polar surface area (TPSA) is 84.2 Å². The van der Waals surface area contributed by atoms with Gasteiger partial charge in [0.25, 0.3) is 0 Å². The number of nitrogens with one attached hydrogen (secondary N) is 2. The van der Waals surface area contributed by atoms with Crippen LogP contribution in [0.1, 0.15) is 25.8 Å². The molecule has 0 radical (unpaired) electrons. The lowest BCUT2D eigenvalue weighted by atomic mass is 9.98. The van der Waals surface area contributed by atoms with Crippen molar-refractivity contribution in [2.24, 2.45) is 11.7 Å². The first-order valence-corrected chi connectivity index (χ1v) is 7.40. The Kier molecular flexibility index (Phi) is 7.02. The molecule has 1 rings (SSSR count). The zero-order valence-electron chi connectivity index (χ0n) is 12.4. The maximum atomic E-state index is 12.1. The molecule has 0 fully saturated rings. The van der Waals surface area contributed by atoms with Gasteiger partial charge in [-0.3, -0.25) is 4.79 Å². The van der Waals surface area contributed by atoms with E-state index in [-0.39, 0.29) is 11.8 Å². The number of benzene rings is 1. The highest BCUT2D eigenvalue weighted by molar-refractivity contribution is 6.30. The van der Waals surface area contributed by atoms with Gasteiger partial charge >= 0.3 is 6.03 Å². The number of rotatable bonds is 7. The van der Waals surface area contributed by atoms with Crippen LogP contribution in [0.3, 0.4) is 0 Å². The predicted octanol–water partition coefficient (Wildman–Crippen LogP) is 2.08. The lowest BCUT2D eigenvalue weighted by Crippen LogP contribution is -2.52. The van der Waals surface area contributed by atoms with Crippen LogP contribution in [-0.2, 0) is 11.2 Å². The van der Waals surface area contributed by atoms with Crippen LogP contribution in [0.5, 0.6) is 0 Å². The lowest BCUT2D eigenvalue weighted by molar-refractivity contribution is -0.124. The van der Waals surface area contributed by atoms with Crippen LogP contribution in [0.15, 0.2) is 24.3 Å². The molecule has 0 saturated carbocycles. The van der Waals surface area contributed by atoms with Crippen molar-refractivity contribution in [3.05, 3.63) is 34.9 Å². The van der Waals surface area contributed by atoms with Gasteiger partial charge in [-0.15, -0.1) is 0 Å². The van der Waals surface area contributed by atoms with Gasteiger partial charge in [0.05, 0.1) is 0 Å². The molecule has 0 unspecified atom stereocenters. The number of hydrogen-bond acceptors (Lipinski definition) is 2. The molecule has 2 atom stereocenters. The van der Waals surface area contributed by atoms with Gasteiger partial charge in [0, 0.05) is 11.6 Å². The molecule has 0 spiro atoms. The zero-order valence-corrected chi connectivity index (χ0v) is 13.1. The Bertz CT molecular complexity index is 476. The Morgan fingerprint density at radius 3 is 2.43 bits per heavy atom. The average Bonchev–Trinajstić information content (AvgIpc) is 2.45. The first kappa shape index (κ1) is 17.3. The maximum absolute atomic E-state index is 12.1. The molecule has 0 aromatic heterocycles. The van der Waals surface area contributed by atoms with Crippen molar-refractivity contribution in [1.29, 1.82) is 0 Å². The highest BCUT2D eigenvalue weighted by Gasteiger charge is 2.24. The van der Waals surface area contributed by atoms with E-state index in [0.717, 1.165) is 12.0 Å². The molecule has 6 heteroatoms. The third kappa shape index (κ3) is 6.04. The molecule has 0 bridgehead atoms. The maximum Gasteiger partial charge on any atom is 0.312 e. The summed E-state index contributed by atoms with van der Waals surface area (Å²) in [6, 6.07) is 6.18. The molecular formula is C15H22ClN3O2. The minimum Gasteiger partial charge on any atom is -0.354 e. The number of halogens is 1. The summed E-state index contributed by atoms with van der Waals surface area (Å²) in [5, 5.41) is 6.01. The lowest BCUT2D eigenvalue weighted by Gasteiger charge is -2.22. The summed E-state index contributed by atoms with van der Waals surface area (Å²) in [6.07, 6.45) is 1.47. The summed E-state index contributed by atoms with van der Waals surface area (Å²) in [5.74, 6) is -0.190. The number of hydrogen-bond donors (Lipinski definition) is 3. The Morgan fingerprint density at radius 2 is 1.90 bits per heavy atom. The van der Waals surface area contributed by atoms with E-state index in [1.165, 1.54) is 0 Å². The second-order valence-corrected chi connectivity index (χ2v) is 5.48. The molecule has 0 aliphatic carbocycles. The standard InChI is InChI=1S/C15H22ClN3O2/c1-3-10(2)13(19-15(17)21)14(20)18-9-8-11-4-6-12(16)7-5-11/h4-7,10,13H,3,8-9H2,1-2H3,(H,18,20)(H3,17,19,21)/t10-,13+/m0/s1. The summed E-state index contributed by atoms with van der Waals surface area (Å²) < 4.78 is 0. The molecule has 21 heavy (non-hydrogen) atoms. The summed E-state index contributed by atoms with van der Waals surface area (Å²) in [5.41, 5.74) is 6.20. The molecule has 0 heterocycles. The van der Waals surface area contributed by atoms with Crippen LogP contribution >= 0.6 is 11.6 Å². The third-order valence-corrected chi connectivity index (χ3v) is 3.67. The molecule has 0 aliphatic rings. The van der Waals surface area contributed by atoms with Crippen LogP contribution in [0.25, 0.3) is 0 Å². The van der Waals surface area contributed by atoms with E-state index in [1.54, 1.807) is 0 Å². The molecule has 3 amide bonds. The van der Waals surface area contributed by atoms with E-state index < -0.39 is 12.1 Å². The van der Waals surface area contributed by atoms with E-state index in [9.17, 15) is 9.59 Å². The van der Waals surface area contributed by atoms with Gasteiger partial charge in [0.15, 0.2) is 0 Å². The van der Waals surface area contributed by atoms with E-state index >= 15 is 0 Å². The average molecular weight is 312 g/mol. The quantitative estimate of drug-likeness (QED) is 0.720. The van der Waals surface area contributed by atoms with Gasteiger partial charge in [-0.25, -0.2) is 4.79 Å². The van der Waals surface area contributed by atoms with Crippen molar-refractivity contribution < 1.29 is 9.59 Å². The van der Waals surface area contributed by atoms with Gasteiger partial charge in [0.1, 0.15) is 6.04 Å². The van der Waals surface area contributed by atoms with Crippen molar-refractivity contribution in [2.45, 2.75) is 32.7 Å². The largest absolute Gasteiger partial charge is 0.354 e. The van der Waals surface area contributed by atoms with Crippen LogP contribution in [0.2, 0.25) is 5.02 Å². The molecular weight excluding hydrogens is 290 g/mol. The fourth-order valence-electron chi connectivity index (χ4n) is 1.95. The van der Waals surface area contributed by atoms with Crippen LogP contribution < -0.4 is 16.4 Å². The number of carbonyl (C=O) groups is 2. The van der Waals surface area contributed by atoms with Crippen molar-refractivity contribution in [3.8, 4) is 0 Å². The predicted molar refractivity (Wildman–Crippen MR) is 84.1 cm³/mol. The molecule has 0 saturated heterocycles. The van der Waals surface area contributed by atoms with Crippen molar-refractivity contribution in [2.75, 3.05) is 6.54 Å². The van der Waals surface area contributed by atoms with Gasteiger partial charge in [-0.2, -0.15) is 0 Å². The first-order valence-electron chi connectivity index (χ1n) is 7.02. The van der Waals surface area contributed by atoms with Gasteiger partial charge in [-0.05, 0) is 30.0 Å². The number of amides is 3. The minimum atomic E-state index is -0.687. The Hall–Kier alpha value is -1.75. The van der Waals surface area contributed by atoms with E-state index in [1.807, 2.05) is 38.1 Å². The third-order valence-electron chi connectivity index (χ3n) is 3.42. The monoisotopic (exact) mass is 311 g/mol. The smallest absolute Gasteiger partial charge is 0.312 e. The summed E-state index contributed by atoms with van der Waals surface area (Å²) in [7, 11) is 0. The normalized spacial score (nSPS) is 13.3. The van der Waals surface area contributed by atoms with Crippen molar-refractivity contribution in [1.82, 2.24) is 10.6 Å². The van der Waals surface area contributed by atoms with Crippen LogP contribution in [0.4, 0.5) is 4.79 Å². The van der Waals surface area contributed by atoms with Crippen molar-refractivity contribution in [3.63, 3.8) is 0 Å². The number of primary amides is 1. The van der Waals surface area contributed by atoms with Gasteiger partial charge in [0.2, 0.25) is 5.91 Å². The minimum absolute atomic E-state index is 0.0213. The summed E-state index contributed by atoms with van der Waals surface area (Å²) in [4.78, 5) is 23.1. The Balaban J connectivity index is 2.49.